The lowest BCUT2D eigenvalue weighted by Gasteiger charge is -2.17. The van der Waals surface area contributed by atoms with E-state index in [1.807, 2.05) is 31.2 Å². The van der Waals surface area contributed by atoms with E-state index in [-0.39, 0.29) is 0 Å². The number of hydrogen-bond acceptors (Lipinski definition) is 3. The summed E-state index contributed by atoms with van der Waals surface area (Å²) in [6.45, 7) is 2.78. The third-order valence-corrected chi connectivity index (χ3v) is 2.33. The summed E-state index contributed by atoms with van der Waals surface area (Å²) in [5, 5.41) is 3.11. The number of methoxy groups -OCH3 is 1. The molecule has 1 amide bonds. The summed E-state index contributed by atoms with van der Waals surface area (Å²) >= 11 is 0. The van der Waals surface area contributed by atoms with Crippen LogP contribution in [0.2, 0.25) is 0 Å². The van der Waals surface area contributed by atoms with Gasteiger partial charge in [0, 0.05) is 5.56 Å². The maximum absolute atomic E-state index is 11.4. The molecule has 4 heteroatoms. The van der Waals surface area contributed by atoms with Crippen molar-refractivity contribution in [2.75, 3.05) is 13.7 Å². The van der Waals surface area contributed by atoms with Crippen molar-refractivity contribution in [1.82, 2.24) is 5.32 Å². The third-order valence-electron chi connectivity index (χ3n) is 2.33. The molecule has 0 radical (unpaired) electrons. The van der Waals surface area contributed by atoms with Crippen LogP contribution in [-0.2, 0) is 4.79 Å². The van der Waals surface area contributed by atoms with Crippen molar-refractivity contribution in [3.63, 3.8) is 0 Å². The van der Waals surface area contributed by atoms with Crippen LogP contribution in [0.5, 0.6) is 5.75 Å². The molecule has 0 bridgehead atoms. The Morgan fingerprint density at radius 2 is 2.19 bits per heavy atom. The largest absolute Gasteiger partial charge is 0.496 e. The number of benzene rings is 1. The molecule has 0 aliphatic heterocycles. The molecule has 16 heavy (non-hydrogen) atoms. The van der Waals surface area contributed by atoms with Gasteiger partial charge in [0.05, 0.1) is 7.11 Å². The number of carbonyl (C=O) groups is 1. The Morgan fingerprint density at radius 3 is 2.75 bits per heavy atom. The van der Waals surface area contributed by atoms with Crippen LogP contribution in [0, 0.1) is 0 Å². The van der Waals surface area contributed by atoms with Crippen molar-refractivity contribution in [1.29, 1.82) is 0 Å². The lowest BCUT2D eigenvalue weighted by Crippen LogP contribution is -2.34. The van der Waals surface area contributed by atoms with Crippen molar-refractivity contribution in [2.24, 2.45) is 5.73 Å². The van der Waals surface area contributed by atoms with Gasteiger partial charge in [0.15, 0.2) is 0 Å². The second-order valence-electron chi connectivity index (χ2n) is 3.53. The van der Waals surface area contributed by atoms with Crippen LogP contribution < -0.4 is 15.8 Å². The molecule has 0 aliphatic rings. The highest BCUT2D eigenvalue weighted by Gasteiger charge is 2.19. The quantitative estimate of drug-likeness (QED) is 0.760. The summed E-state index contributed by atoms with van der Waals surface area (Å²) in [5.74, 6) is 0.285. The Kier molecular flexibility index (Phi) is 4.79. The monoisotopic (exact) mass is 222 g/mol. The zero-order chi connectivity index (χ0) is 12.0. The van der Waals surface area contributed by atoms with E-state index in [2.05, 4.69) is 5.32 Å². The molecule has 1 atom stereocenters. The fourth-order valence-electron chi connectivity index (χ4n) is 1.56. The summed E-state index contributed by atoms with van der Waals surface area (Å²) in [5.41, 5.74) is 6.16. The minimum Gasteiger partial charge on any atom is -0.496 e. The highest BCUT2D eigenvalue weighted by Crippen LogP contribution is 2.24. The standard InChI is InChI=1S/C12H18N2O2/c1-3-8-14-11(12(13)15)9-6-4-5-7-10(9)16-2/h4-7,11,14H,3,8H2,1-2H3,(H2,13,15). The zero-order valence-corrected chi connectivity index (χ0v) is 9.69. The van der Waals surface area contributed by atoms with E-state index in [0.29, 0.717) is 5.75 Å². The van der Waals surface area contributed by atoms with Gasteiger partial charge in [0.25, 0.3) is 0 Å². The molecule has 0 aromatic heterocycles. The van der Waals surface area contributed by atoms with Crippen LogP contribution in [0.1, 0.15) is 24.9 Å². The Balaban J connectivity index is 2.95. The number of nitrogens with two attached hydrogens (primary N) is 1. The number of rotatable bonds is 6. The van der Waals surface area contributed by atoms with E-state index in [9.17, 15) is 4.79 Å². The van der Waals surface area contributed by atoms with Crippen LogP contribution in [0.15, 0.2) is 24.3 Å². The second-order valence-corrected chi connectivity index (χ2v) is 3.53. The van der Waals surface area contributed by atoms with Crippen molar-refractivity contribution >= 4 is 5.91 Å². The molecule has 1 unspecified atom stereocenters. The summed E-state index contributed by atoms with van der Waals surface area (Å²) in [7, 11) is 1.58. The number of nitrogens with one attached hydrogen (secondary N) is 1. The van der Waals surface area contributed by atoms with E-state index in [1.54, 1.807) is 7.11 Å². The first-order valence-corrected chi connectivity index (χ1v) is 5.36. The summed E-state index contributed by atoms with van der Waals surface area (Å²) in [6, 6.07) is 6.90. The fourth-order valence-corrected chi connectivity index (χ4v) is 1.56. The van der Waals surface area contributed by atoms with Crippen LogP contribution in [0.4, 0.5) is 0 Å². The number of primary amides is 1. The highest BCUT2D eigenvalue weighted by molar-refractivity contribution is 5.82. The molecule has 1 aromatic carbocycles. The molecule has 0 fully saturated rings. The van der Waals surface area contributed by atoms with Gasteiger partial charge < -0.3 is 15.8 Å². The Hall–Kier alpha value is -1.55. The molecule has 0 saturated carbocycles. The normalized spacial score (nSPS) is 12.1. The summed E-state index contributed by atoms with van der Waals surface area (Å²) in [4.78, 5) is 11.4. The number of ether oxygens (including phenoxy) is 1. The molecule has 0 aliphatic carbocycles. The van der Waals surface area contributed by atoms with E-state index < -0.39 is 11.9 Å². The molecule has 4 nitrogen and oxygen atoms in total. The Labute approximate surface area is 95.8 Å². The van der Waals surface area contributed by atoms with Gasteiger partial charge in [0.2, 0.25) is 5.91 Å². The maximum Gasteiger partial charge on any atom is 0.239 e. The molecule has 1 rings (SSSR count). The number of carbonyl (C=O) groups excluding carboxylic acids is 1. The van der Waals surface area contributed by atoms with E-state index >= 15 is 0 Å². The maximum atomic E-state index is 11.4. The van der Waals surface area contributed by atoms with Crippen molar-refractivity contribution < 1.29 is 9.53 Å². The third kappa shape index (κ3) is 2.97. The van der Waals surface area contributed by atoms with Gasteiger partial charge >= 0.3 is 0 Å². The van der Waals surface area contributed by atoms with Gasteiger partial charge in [-0.25, -0.2) is 0 Å². The SMILES string of the molecule is CCCNC(C(N)=O)c1ccccc1OC. The number of amides is 1. The average Bonchev–Trinajstić information content (AvgIpc) is 2.29. The van der Waals surface area contributed by atoms with Gasteiger partial charge in [0.1, 0.15) is 11.8 Å². The predicted octanol–water partition coefficient (Wildman–Crippen LogP) is 1.22. The molecule has 0 spiro atoms. The lowest BCUT2D eigenvalue weighted by atomic mass is 10.1. The molecule has 1 aromatic rings. The lowest BCUT2D eigenvalue weighted by molar-refractivity contribution is -0.120. The van der Waals surface area contributed by atoms with Crippen molar-refractivity contribution in [3.05, 3.63) is 29.8 Å². The fraction of sp³-hybridized carbons (Fsp3) is 0.417. The first-order valence-electron chi connectivity index (χ1n) is 5.36. The van der Waals surface area contributed by atoms with E-state index in [1.165, 1.54) is 0 Å². The van der Waals surface area contributed by atoms with Gasteiger partial charge in [-0.1, -0.05) is 25.1 Å². The van der Waals surface area contributed by atoms with Gasteiger partial charge in [-0.15, -0.1) is 0 Å². The molecule has 3 N–H and O–H groups in total. The first-order chi connectivity index (χ1) is 7.70. The summed E-state index contributed by atoms with van der Waals surface area (Å²) in [6.07, 6.45) is 0.943. The van der Waals surface area contributed by atoms with Crippen LogP contribution >= 0.6 is 0 Å². The Bertz CT molecular complexity index is 353. The highest BCUT2D eigenvalue weighted by atomic mass is 16.5. The zero-order valence-electron chi connectivity index (χ0n) is 9.69. The minimum absolute atomic E-state index is 0.391. The minimum atomic E-state index is -0.490. The summed E-state index contributed by atoms with van der Waals surface area (Å²) < 4.78 is 5.21. The molecule has 88 valence electrons. The molecular formula is C12H18N2O2. The molecule has 0 saturated heterocycles. The predicted molar refractivity (Wildman–Crippen MR) is 63.2 cm³/mol. The van der Waals surface area contributed by atoms with E-state index in [4.69, 9.17) is 10.5 Å². The van der Waals surface area contributed by atoms with Crippen molar-refractivity contribution in [2.45, 2.75) is 19.4 Å². The molecule has 0 heterocycles. The Morgan fingerprint density at radius 1 is 1.50 bits per heavy atom. The van der Waals surface area contributed by atoms with Crippen LogP contribution in [-0.4, -0.2) is 19.6 Å². The number of para-hydroxylation sites is 1. The van der Waals surface area contributed by atoms with Crippen LogP contribution in [0.25, 0.3) is 0 Å². The van der Waals surface area contributed by atoms with Gasteiger partial charge in [-0.2, -0.15) is 0 Å². The number of hydrogen-bond donors (Lipinski definition) is 2. The average molecular weight is 222 g/mol. The van der Waals surface area contributed by atoms with Gasteiger partial charge in [-0.3, -0.25) is 4.79 Å². The second kappa shape index (κ2) is 6.12. The van der Waals surface area contributed by atoms with Crippen LogP contribution in [0.3, 0.4) is 0 Å². The topological polar surface area (TPSA) is 64.3 Å². The molecular weight excluding hydrogens is 204 g/mol. The smallest absolute Gasteiger partial charge is 0.239 e. The van der Waals surface area contributed by atoms with E-state index in [0.717, 1.165) is 18.5 Å². The van der Waals surface area contributed by atoms with Crippen molar-refractivity contribution in [3.8, 4) is 5.75 Å². The van der Waals surface area contributed by atoms with Gasteiger partial charge in [-0.05, 0) is 19.0 Å². The first kappa shape index (κ1) is 12.5.